The van der Waals surface area contributed by atoms with Crippen LogP contribution in [0.3, 0.4) is 0 Å². The third-order valence-corrected chi connectivity index (χ3v) is 9.32. The molecule has 2 unspecified atom stereocenters. The molecule has 1 aliphatic carbocycles. The Labute approximate surface area is 253 Å². The minimum atomic E-state index is -0.951. The molecule has 2 aliphatic heterocycles. The van der Waals surface area contributed by atoms with Crippen molar-refractivity contribution in [2.24, 2.45) is 5.92 Å². The van der Waals surface area contributed by atoms with Crippen molar-refractivity contribution in [2.45, 2.75) is 50.5 Å². The number of piperidine rings is 1. The summed E-state index contributed by atoms with van der Waals surface area (Å²) in [6, 6.07) is 15.8. The Morgan fingerprint density at radius 1 is 1.25 bits per heavy atom. The Balaban J connectivity index is 1.04. The van der Waals surface area contributed by atoms with Crippen LogP contribution in [0, 0.1) is 23.1 Å². The van der Waals surface area contributed by atoms with E-state index in [2.05, 4.69) is 15.5 Å². The number of pyridine rings is 1. The molecule has 3 aliphatic rings. The second-order valence-corrected chi connectivity index (χ2v) is 11.9. The molecular weight excluding hydrogens is 565 g/mol. The van der Waals surface area contributed by atoms with E-state index < -0.39 is 11.8 Å². The summed E-state index contributed by atoms with van der Waals surface area (Å²) in [7, 11) is 1.37. The number of aromatic nitrogens is 3. The Bertz CT molecular complexity index is 1800. The maximum absolute atomic E-state index is 14.5. The molecule has 4 aromatic rings. The van der Waals surface area contributed by atoms with Gasteiger partial charge in [-0.25, -0.2) is 19.2 Å². The summed E-state index contributed by atoms with van der Waals surface area (Å²) in [6.07, 6.45) is 3.11. The first-order chi connectivity index (χ1) is 21.4. The zero-order chi connectivity index (χ0) is 30.4. The number of halogens is 1. The van der Waals surface area contributed by atoms with Crippen LogP contribution in [0.5, 0.6) is 11.6 Å². The van der Waals surface area contributed by atoms with E-state index in [4.69, 9.17) is 29.4 Å². The third kappa shape index (κ3) is 5.04. The number of nitrogens with zero attached hydrogens (tertiary/aromatic N) is 5. The molecule has 0 spiro atoms. The summed E-state index contributed by atoms with van der Waals surface area (Å²) in [6.45, 7) is 3.95. The fourth-order valence-electron chi connectivity index (χ4n) is 6.68. The number of hydrogen-bond acceptors (Lipinski definition) is 8. The van der Waals surface area contributed by atoms with Crippen molar-refractivity contribution in [3.63, 3.8) is 0 Å². The summed E-state index contributed by atoms with van der Waals surface area (Å²) < 4.78 is 33.5. The average molecular weight is 598 g/mol. The van der Waals surface area contributed by atoms with Crippen molar-refractivity contribution in [1.82, 2.24) is 19.4 Å². The van der Waals surface area contributed by atoms with Gasteiger partial charge < -0.3 is 23.9 Å². The smallest absolute Gasteiger partial charge is 0.335 e. The van der Waals surface area contributed by atoms with Crippen LogP contribution in [-0.4, -0.2) is 63.4 Å². The molecule has 1 saturated carbocycles. The molecule has 3 fully saturated rings. The molecule has 4 heterocycles. The lowest BCUT2D eigenvalue weighted by Gasteiger charge is -2.32. The topological polar surface area (TPSA) is 123 Å². The molecule has 226 valence electrons. The van der Waals surface area contributed by atoms with Gasteiger partial charge in [-0.1, -0.05) is 12.1 Å². The van der Waals surface area contributed by atoms with Crippen LogP contribution >= 0.6 is 0 Å². The SMILES string of the molecule is COc1c(COc2cccc(C34CCN(Cc5nc6ccc(C(=O)O)cc6n5C[C@@H]5CCO5)CC3C4)n2)ccc(C#N)c1F. The van der Waals surface area contributed by atoms with E-state index in [9.17, 15) is 14.3 Å². The summed E-state index contributed by atoms with van der Waals surface area (Å²) >= 11 is 0. The highest BCUT2D eigenvalue weighted by Gasteiger charge is 2.58. The molecule has 3 atom stereocenters. The first-order valence-corrected chi connectivity index (χ1v) is 14.8. The molecule has 2 aromatic heterocycles. The zero-order valence-electron chi connectivity index (χ0n) is 24.3. The van der Waals surface area contributed by atoms with Crippen molar-refractivity contribution in [2.75, 3.05) is 26.8 Å². The number of likely N-dealkylation sites (tertiary alicyclic amines) is 1. The Morgan fingerprint density at radius 3 is 2.84 bits per heavy atom. The second kappa shape index (κ2) is 11.2. The number of carboxylic acids is 1. The third-order valence-electron chi connectivity index (χ3n) is 9.32. The highest BCUT2D eigenvalue weighted by molar-refractivity contribution is 5.92. The van der Waals surface area contributed by atoms with Gasteiger partial charge in [0.05, 0.1) is 54.2 Å². The quantitative estimate of drug-likeness (QED) is 0.278. The van der Waals surface area contributed by atoms with Gasteiger partial charge in [-0.2, -0.15) is 5.26 Å². The van der Waals surface area contributed by atoms with Crippen LogP contribution in [0.2, 0.25) is 0 Å². The van der Waals surface area contributed by atoms with Crippen molar-refractivity contribution < 1.29 is 28.5 Å². The average Bonchev–Trinajstić information content (AvgIpc) is 3.65. The Hall–Kier alpha value is -4.53. The lowest BCUT2D eigenvalue weighted by Crippen LogP contribution is -2.37. The van der Waals surface area contributed by atoms with Crippen LogP contribution in [-0.2, 0) is 29.8 Å². The van der Waals surface area contributed by atoms with Gasteiger partial charge in [-0.3, -0.25) is 4.90 Å². The largest absolute Gasteiger partial charge is 0.493 e. The summed E-state index contributed by atoms with van der Waals surface area (Å²) in [5.41, 5.74) is 3.31. The Morgan fingerprint density at radius 2 is 2.11 bits per heavy atom. The van der Waals surface area contributed by atoms with Crippen LogP contribution in [0.15, 0.2) is 48.5 Å². The van der Waals surface area contributed by atoms with E-state index in [1.807, 2.05) is 12.1 Å². The highest BCUT2D eigenvalue weighted by atomic mass is 19.1. The first kappa shape index (κ1) is 28.3. The van der Waals surface area contributed by atoms with Gasteiger partial charge in [-0.05, 0) is 62.1 Å². The minimum Gasteiger partial charge on any atom is -0.493 e. The summed E-state index contributed by atoms with van der Waals surface area (Å²) in [5, 5.41) is 18.6. The molecule has 2 aromatic carbocycles. The second-order valence-electron chi connectivity index (χ2n) is 11.9. The number of benzene rings is 2. The monoisotopic (exact) mass is 597 g/mol. The minimum absolute atomic E-state index is 0.00416. The van der Waals surface area contributed by atoms with E-state index in [-0.39, 0.29) is 35.0 Å². The zero-order valence-corrected chi connectivity index (χ0v) is 24.3. The predicted octanol–water partition coefficient (Wildman–Crippen LogP) is 4.68. The van der Waals surface area contributed by atoms with Gasteiger partial charge >= 0.3 is 5.97 Å². The number of carbonyl (C=O) groups is 1. The van der Waals surface area contributed by atoms with Gasteiger partial charge in [0.15, 0.2) is 11.6 Å². The van der Waals surface area contributed by atoms with Gasteiger partial charge in [-0.15, -0.1) is 0 Å². The van der Waals surface area contributed by atoms with E-state index in [0.29, 0.717) is 30.5 Å². The normalized spacial score (nSPS) is 22.6. The van der Waals surface area contributed by atoms with E-state index in [0.717, 1.165) is 61.5 Å². The highest BCUT2D eigenvalue weighted by Crippen LogP contribution is 2.59. The number of nitriles is 1. The summed E-state index contributed by atoms with van der Waals surface area (Å²) in [5.74, 6) is 0.204. The van der Waals surface area contributed by atoms with E-state index >= 15 is 0 Å². The van der Waals surface area contributed by atoms with Gasteiger partial charge in [0.2, 0.25) is 5.88 Å². The molecule has 44 heavy (non-hydrogen) atoms. The molecule has 10 nitrogen and oxygen atoms in total. The molecule has 11 heteroatoms. The molecule has 7 rings (SSSR count). The molecule has 0 amide bonds. The Kier molecular flexibility index (Phi) is 7.19. The molecule has 0 radical (unpaired) electrons. The van der Waals surface area contributed by atoms with Crippen LogP contribution in [0.25, 0.3) is 11.0 Å². The fraction of sp³-hybridized carbons (Fsp3) is 0.394. The molecule has 1 N–H and O–H groups in total. The number of ether oxygens (including phenoxy) is 3. The van der Waals surface area contributed by atoms with Gasteiger partial charge in [0.1, 0.15) is 18.5 Å². The van der Waals surface area contributed by atoms with Crippen molar-refractivity contribution in [1.29, 1.82) is 5.26 Å². The molecular formula is C33H32FN5O5. The lowest BCUT2D eigenvalue weighted by atomic mass is 9.91. The lowest BCUT2D eigenvalue weighted by molar-refractivity contribution is -0.0592. The maximum Gasteiger partial charge on any atom is 0.335 e. The van der Waals surface area contributed by atoms with Gasteiger partial charge in [0.25, 0.3) is 0 Å². The number of methoxy groups -OCH3 is 1. The summed E-state index contributed by atoms with van der Waals surface area (Å²) in [4.78, 5) is 23.8. The number of aromatic carboxylic acids is 1. The standard InChI is InChI=1S/C33H32FN5O5/c1-42-31-22(6-5-21(15-35)30(31)34)19-44-29-4-2-3-27(37-29)33-10-11-38(16-23(33)14-33)18-28-36-25-8-7-20(32(40)41)13-26(25)39(28)17-24-9-12-43-24/h2-8,13,23-24H,9-12,14,16-19H2,1H3,(H,40,41)/t23?,24-,33?/m0/s1. The molecule has 0 bridgehead atoms. The van der Waals surface area contributed by atoms with E-state index in [1.165, 1.54) is 13.2 Å². The number of imidazole rings is 1. The predicted molar refractivity (Wildman–Crippen MR) is 157 cm³/mol. The van der Waals surface area contributed by atoms with Crippen molar-refractivity contribution in [3.05, 3.63) is 82.6 Å². The number of carboxylic acid groups (broad SMARTS) is 1. The van der Waals surface area contributed by atoms with Crippen LogP contribution < -0.4 is 9.47 Å². The maximum atomic E-state index is 14.5. The molecule has 2 saturated heterocycles. The van der Waals surface area contributed by atoms with Crippen LogP contribution in [0.1, 0.15) is 52.3 Å². The number of fused-ring (bicyclic) bond motifs is 2. The fourth-order valence-corrected chi connectivity index (χ4v) is 6.68. The van der Waals surface area contributed by atoms with Crippen molar-refractivity contribution >= 4 is 17.0 Å². The first-order valence-electron chi connectivity index (χ1n) is 14.8. The number of rotatable bonds is 10. The van der Waals surface area contributed by atoms with Crippen molar-refractivity contribution in [3.8, 4) is 17.7 Å². The van der Waals surface area contributed by atoms with E-state index in [1.54, 1.807) is 30.3 Å². The van der Waals surface area contributed by atoms with Gasteiger partial charge in [0, 0.05) is 30.2 Å². The van der Waals surface area contributed by atoms with Crippen LogP contribution in [0.4, 0.5) is 4.39 Å². The number of hydrogen-bond donors (Lipinski definition) is 1.